The molecule has 0 bridgehead atoms. The van der Waals surface area contributed by atoms with Gasteiger partial charge in [-0.15, -0.1) is 0 Å². The molecule has 0 saturated carbocycles. The molecule has 0 aliphatic rings. The van der Waals surface area contributed by atoms with E-state index >= 15 is 0 Å². The van der Waals surface area contributed by atoms with Crippen molar-refractivity contribution in [1.29, 1.82) is 0 Å². The SMILES string of the molecule is [2H]COS(=O)(=O)O. The summed E-state index contributed by atoms with van der Waals surface area (Å²) in [7, 11) is -5.14. The van der Waals surface area contributed by atoms with Crippen LogP contribution in [0.4, 0.5) is 0 Å². The lowest BCUT2D eigenvalue weighted by Gasteiger charge is -1.82. The van der Waals surface area contributed by atoms with Gasteiger partial charge in [-0.1, -0.05) is 0 Å². The molecule has 4 nitrogen and oxygen atoms in total. The third-order valence-electron chi connectivity index (χ3n) is 0.149. The van der Waals surface area contributed by atoms with Gasteiger partial charge in [-0.2, -0.15) is 8.42 Å². The molecule has 0 aliphatic heterocycles. The van der Waals surface area contributed by atoms with E-state index in [4.69, 9.17) is 5.92 Å². The Labute approximate surface area is 37.1 Å². The summed E-state index contributed by atoms with van der Waals surface area (Å²) in [6.07, 6.45) is 0. The fourth-order valence-corrected chi connectivity index (χ4v) is 0. The van der Waals surface area contributed by atoms with Crippen molar-refractivity contribution in [3.05, 3.63) is 0 Å². The van der Waals surface area contributed by atoms with Gasteiger partial charge in [0.1, 0.15) is 0 Å². The highest BCUT2D eigenvalue weighted by Crippen LogP contribution is 1.74. The molecule has 0 aliphatic carbocycles. The van der Waals surface area contributed by atoms with Gasteiger partial charge in [-0.25, -0.2) is 0 Å². The Balaban J connectivity index is 3.60. The molecule has 38 valence electrons. The van der Waals surface area contributed by atoms with Gasteiger partial charge in [0, 0.05) is 0 Å². The molecular formula is CH4O4S. The molecular weight excluding hydrogens is 108 g/mol. The maximum Gasteiger partial charge on any atom is 0.397 e. The Morgan fingerprint density at radius 3 is 2.50 bits per heavy atom. The van der Waals surface area contributed by atoms with Crippen molar-refractivity contribution in [3.63, 3.8) is 0 Å². The quantitative estimate of drug-likeness (QED) is 0.463. The van der Waals surface area contributed by atoms with E-state index in [9.17, 15) is 8.42 Å². The van der Waals surface area contributed by atoms with Crippen molar-refractivity contribution in [2.45, 2.75) is 0 Å². The first-order valence-corrected chi connectivity index (χ1v) is 2.34. The first-order chi connectivity index (χ1) is 3.06. The van der Waals surface area contributed by atoms with Crippen molar-refractivity contribution in [3.8, 4) is 0 Å². The minimum absolute atomic E-state index is 0.779. The molecule has 0 radical (unpaired) electrons. The molecule has 0 saturated heterocycles. The summed E-state index contributed by atoms with van der Waals surface area (Å²) in [6, 6.07) is 0. The van der Waals surface area contributed by atoms with Crippen molar-refractivity contribution < 1.29 is 18.5 Å². The third kappa shape index (κ3) is 3.87. The molecule has 0 aromatic rings. The van der Waals surface area contributed by atoms with Gasteiger partial charge in [-0.3, -0.25) is 8.74 Å². The minimum Gasteiger partial charge on any atom is -0.264 e. The Kier molecular flexibility index (Phi) is 1.04. The maximum atomic E-state index is 9.44. The van der Waals surface area contributed by atoms with Crippen LogP contribution in [0.5, 0.6) is 0 Å². The lowest BCUT2D eigenvalue weighted by Crippen LogP contribution is -1.96. The summed E-state index contributed by atoms with van der Waals surface area (Å²) in [6.45, 7) is 0. The van der Waals surface area contributed by atoms with E-state index in [1.807, 2.05) is 0 Å². The standard InChI is InChI=1S/CH4O4S/c1-5-6(2,3)4/h1H3,(H,2,3,4)/i1D. The van der Waals surface area contributed by atoms with E-state index in [-0.39, 0.29) is 0 Å². The van der Waals surface area contributed by atoms with E-state index in [0.29, 0.717) is 0 Å². The third-order valence-corrected chi connectivity index (χ3v) is 0.447. The van der Waals surface area contributed by atoms with Crippen LogP contribution in [0.15, 0.2) is 0 Å². The van der Waals surface area contributed by atoms with Crippen molar-refractivity contribution >= 4 is 10.4 Å². The van der Waals surface area contributed by atoms with E-state index in [0.717, 1.165) is 0 Å². The summed E-state index contributed by atoms with van der Waals surface area (Å²) in [5.74, 6) is 0. The van der Waals surface area contributed by atoms with Crippen molar-refractivity contribution in [2.75, 3.05) is 7.09 Å². The van der Waals surface area contributed by atoms with Crippen LogP contribution >= 0.6 is 0 Å². The Morgan fingerprint density at radius 2 is 2.50 bits per heavy atom. The van der Waals surface area contributed by atoms with Crippen LogP contribution in [-0.2, 0) is 14.6 Å². The van der Waals surface area contributed by atoms with Gasteiger partial charge in [-0.05, 0) is 0 Å². The molecule has 0 aromatic heterocycles. The lowest BCUT2D eigenvalue weighted by atomic mass is 11.8. The fraction of sp³-hybridized carbons (Fsp3) is 1.00. The zero-order chi connectivity index (χ0) is 5.91. The highest BCUT2D eigenvalue weighted by molar-refractivity contribution is 7.80. The molecule has 0 aromatic carbocycles. The van der Waals surface area contributed by atoms with Crippen LogP contribution in [0.1, 0.15) is 1.37 Å². The molecule has 0 atom stereocenters. The zero-order valence-electron chi connectivity index (χ0n) is 3.79. The zero-order valence-corrected chi connectivity index (χ0v) is 3.60. The smallest absolute Gasteiger partial charge is 0.264 e. The number of hydrogen-bond acceptors (Lipinski definition) is 3. The predicted molar refractivity (Wildman–Crippen MR) is 18.6 cm³/mol. The van der Waals surface area contributed by atoms with Crippen LogP contribution in [0, 0.1) is 0 Å². The average Bonchev–Trinajstić information content (AvgIpc) is 1.30. The van der Waals surface area contributed by atoms with Gasteiger partial charge < -0.3 is 0 Å². The second-order valence-electron chi connectivity index (χ2n) is 0.546. The monoisotopic (exact) mass is 113 g/mol. The van der Waals surface area contributed by atoms with E-state index in [1.165, 1.54) is 0 Å². The van der Waals surface area contributed by atoms with Gasteiger partial charge in [0.05, 0.1) is 8.46 Å². The van der Waals surface area contributed by atoms with Crippen LogP contribution < -0.4 is 0 Å². The molecule has 0 fully saturated rings. The summed E-state index contributed by atoms with van der Waals surface area (Å²) < 4.78 is 36.1. The molecule has 0 amide bonds. The Bertz CT molecular complexity index is 125. The Morgan fingerprint density at radius 1 is 2.00 bits per heavy atom. The fourth-order valence-electron chi connectivity index (χ4n) is 0. The predicted octanol–water partition coefficient (Wildman–Crippen LogP) is -0.564. The van der Waals surface area contributed by atoms with Gasteiger partial charge in [0.2, 0.25) is 0 Å². The van der Waals surface area contributed by atoms with E-state index in [2.05, 4.69) is 4.18 Å². The molecule has 0 unspecified atom stereocenters. The number of hydrogen-bond donors (Lipinski definition) is 1. The molecule has 0 heterocycles. The summed E-state index contributed by atoms with van der Waals surface area (Å²) in [4.78, 5) is 0. The topological polar surface area (TPSA) is 63.6 Å². The van der Waals surface area contributed by atoms with Gasteiger partial charge in [0.25, 0.3) is 0 Å². The average molecular weight is 113 g/mol. The normalized spacial score (nSPS) is 13.8. The highest BCUT2D eigenvalue weighted by Gasteiger charge is 1.93. The molecule has 6 heavy (non-hydrogen) atoms. The molecule has 5 heteroatoms. The molecule has 1 N–H and O–H groups in total. The maximum absolute atomic E-state index is 9.44. The largest absolute Gasteiger partial charge is 0.397 e. The minimum atomic E-state index is -4.36. The van der Waals surface area contributed by atoms with Crippen molar-refractivity contribution in [2.24, 2.45) is 0 Å². The second-order valence-corrected chi connectivity index (χ2v) is 1.64. The first-order valence-electron chi connectivity index (χ1n) is 1.68. The summed E-state index contributed by atoms with van der Waals surface area (Å²) in [5.41, 5.74) is 0. The second kappa shape index (κ2) is 1.55. The first kappa shape index (κ1) is 4.04. The van der Waals surface area contributed by atoms with Crippen LogP contribution in [0.3, 0.4) is 0 Å². The van der Waals surface area contributed by atoms with Crippen LogP contribution in [-0.4, -0.2) is 20.1 Å². The Hall–Kier alpha value is -0.130. The van der Waals surface area contributed by atoms with Gasteiger partial charge >= 0.3 is 10.4 Å². The van der Waals surface area contributed by atoms with Crippen LogP contribution in [0.2, 0.25) is 0 Å². The molecule has 0 spiro atoms. The molecule has 0 rings (SSSR count). The summed E-state index contributed by atoms with van der Waals surface area (Å²) >= 11 is 0. The number of rotatable bonds is 1. The van der Waals surface area contributed by atoms with E-state index < -0.39 is 17.5 Å². The van der Waals surface area contributed by atoms with E-state index in [1.54, 1.807) is 0 Å². The lowest BCUT2D eigenvalue weighted by molar-refractivity contribution is 0.324. The highest BCUT2D eigenvalue weighted by atomic mass is 32.3. The van der Waals surface area contributed by atoms with Crippen LogP contribution in [0.25, 0.3) is 0 Å². The summed E-state index contributed by atoms with van der Waals surface area (Å²) in [5, 5.41) is 0. The van der Waals surface area contributed by atoms with Crippen molar-refractivity contribution in [1.82, 2.24) is 0 Å². The van der Waals surface area contributed by atoms with Gasteiger partial charge in [0.15, 0.2) is 0 Å².